The summed E-state index contributed by atoms with van der Waals surface area (Å²) in [6.45, 7) is 4.59. The van der Waals surface area contributed by atoms with Crippen LogP contribution in [0.5, 0.6) is 0 Å². The molecule has 0 bridgehead atoms. The number of hydrogen-bond donors (Lipinski definition) is 2. The zero-order valence-electron chi connectivity index (χ0n) is 16.5. The number of benzene rings is 2. The van der Waals surface area contributed by atoms with Crippen molar-refractivity contribution in [2.24, 2.45) is 0 Å². The van der Waals surface area contributed by atoms with Gasteiger partial charge in [0.1, 0.15) is 0 Å². The molecule has 1 aliphatic heterocycles. The topological polar surface area (TPSA) is 61.4 Å². The minimum Gasteiger partial charge on any atom is -0.372 e. The van der Waals surface area contributed by atoms with E-state index in [2.05, 4.69) is 39.8 Å². The van der Waals surface area contributed by atoms with Crippen molar-refractivity contribution < 1.29 is 9.59 Å². The maximum Gasteiger partial charge on any atom is 0.313 e. The molecule has 1 aliphatic rings. The van der Waals surface area contributed by atoms with Crippen LogP contribution < -0.4 is 15.5 Å². The van der Waals surface area contributed by atoms with Crippen LogP contribution in [-0.4, -0.2) is 31.4 Å². The highest BCUT2D eigenvalue weighted by atomic mass is 16.2. The second-order valence-corrected chi connectivity index (χ2v) is 7.34. The summed E-state index contributed by atoms with van der Waals surface area (Å²) in [5, 5.41) is 5.35. The van der Waals surface area contributed by atoms with E-state index < -0.39 is 11.8 Å². The average Bonchev–Trinajstić information content (AvgIpc) is 2.99. The van der Waals surface area contributed by atoms with Gasteiger partial charge in [0.05, 0.1) is 0 Å². The van der Waals surface area contributed by atoms with Crippen LogP contribution in [0.4, 0.5) is 11.4 Å². The third-order valence-corrected chi connectivity index (χ3v) is 5.21. The molecule has 2 amide bonds. The van der Waals surface area contributed by atoms with Crippen LogP contribution in [0.15, 0.2) is 48.5 Å². The van der Waals surface area contributed by atoms with E-state index in [9.17, 15) is 9.59 Å². The molecule has 0 aromatic heterocycles. The van der Waals surface area contributed by atoms with Gasteiger partial charge in [-0.15, -0.1) is 0 Å². The second-order valence-electron chi connectivity index (χ2n) is 7.34. The lowest BCUT2D eigenvalue weighted by Gasteiger charge is -2.22. The molecule has 0 aliphatic carbocycles. The van der Waals surface area contributed by atoms with Gasteiger partial charge in [-0.1, -0.05) is 43.2 Å². The summed E-state index contributed by atoms with van der Waals surface area (Å²) in [6, 6.07) is 15.9. The maximum atomic E-state index is 12.0. The van der Waals surface area contributed by atoms with Crippen molar-refractivity contribution in [2.75, 3.05) is 29.9 Å². The largest absolute Gasteiger partial charge is 0.372 e. The normalized spacial score (nSPS) is 14.2. The van der Waals surface area contributed by atoms with Crippen LogP contribution in [-0.2, 0) is 16.0 Å². The number of nitrogens with zero attached hydrogens (tertiary/aromatic N) is 1. The molecule has 148 valence electrons. The van der Waals surface area contributed by atoms with Crippen LogP contribution in [0, 0.1) is 6.92 Å². The molecule has 28 heavy (non-hydrogen) atoms. The van der Waals surface area contributed by atoms with E-state index in [0.29, 0.717) is 18.7 Å². The Morgan fingerprint density at radius 1 is 0.893 bits per heavy atom. The molecule has 1 saturated heterocycles. The Bertz CT molecular complexity index is 794. The fourth-order valence-electron chi connectivity index (χ4n) is 3.50. The lowest BCUT2D eigenvalue weighted by atomic mass is 10.1. The van der Waals surface area contributed by atoms with Gasteiger partial charge in [-0.2, -0.15) is 0 Å². The number of hydrogen-bond acceptors (Lipinski definition) is 3. The predicted molar refractivity (Wildman–Crippen MR) is 114 cm³/mol. The van der Waals surface area contributed by atoms with Crippen molar-refractivity contribution in [1.82, 2.24) is 5.32 Å². The van der Waals surface area contributed by atoms with Crippen molar-refractivity contribution in [1.29, 1.82) is 0 Å². The monoisotopic (exact) mass is 379 g/mol. The molecule has 0 saturated carbocycles. The highest BCUT2D eigenvalue weighted by Gasteiger charge is 2.14. The minimum absolute atomic E-state index is 0.434. The number of amides is 2. The molecule has 1 fully saturated rings. The van der Waals surface area contributed by atoms with Gasteiger partial charge in [0.2, 0.25) is 0 Å². The van der Waals surface area contributed by atoms with E-state index in [4.69, 9.17) is 0 Å². The third kappa shape index (κ3) is 5.59. The van der Waals surface area contributed by atoms with Gasteiger partial charge in [0.25, 0.3) is 0 Å². The summed E-state index contributed by atoms with van der Waals surface area (Å²) < 4.78 is 0. The molecule has 5 heteroatoms. The van der Waals surface area contributed by atoms with Crippen LogP contribution in [0.3, 0.4) is 0 Å². The molecule has 2 aromatic rings. The second kappa shape index (κ2) is 9.93. The fourth-order valence-corrected chi connectivity index (χ4v) is 3.50. The third-order valence-electron chi connectivity index (χ3n) is 5.21. The van der Waals surface area contributed by atoms with E-state index >= 15 is 0 Å². The highest BCUT2D eigenvalue weighted by molar-refractivity contribution is 6.39. The highest BCUT2D eigenvalue weighted by Crippen LogP contribution is 2.20. The minimum atomic E-state index is -0.634. The number of rotatable bonds is 5. The van der Waals surface area contributed by atoms with Crippen LogP contribution in [0.2, 0.25) is 0 Å². The summed E-state index contributed by atoms with van der Waals surface area (Å²) in [5.74, 6) is -1.24. The molecule has 0 spiro atoms. The quantitative estimate of drug-likeness (QED) is 0.779. The first-order valence-corrected chi connectivity index (χ1v) is 10.1. The van der Waals surface area contributed by atoms with Gasteiger partial charge in [-0.05, 0) is 55.5 Å². The Morgan fingerprint density at radius 3 is 2.25 bits per heavy atom. The molecule has 0 atom stereocenters. The van der Waals surface area contributed by atoms with Crippen molar-refractivity contribution in [3.05, 3.63) is 59.7 Å². The Balaban J connectivity index is 1.44. The molecular weight excluding hydrogens is 350 g/mol. The zero-order chi connectivity index (χ0) is 19.8. The van der Waals surface area contributed by atoms with Gasteiger partial charge in [0, 0.05) is 31.0 Å². The summed E-state index contributed by atoms with van der Waals surface area (Å²) in [4.78, 5) is 26.5. The van der Waals surface area contributed by atoms with Gasteiger partial charge in [-0.3, -0.25) is 9.59 Å². The average molecular weight is 380 g/mol. The predicted octanol–water partition coefficient (Wildman–Crippen LogP) is 3.67. The number of carbonyl (C=O) groups excluding carboxylic acids is 2. The van der Waals surface area contributed by atoms with Crippen molar-refractivity contribution in [2.45, 2.75) is 39.0 Å². The maximum absolute atomic E-state index is 12.0. The summed E-state index contributed by atoms with van der Waals surface area (Å²) in [5.41, 5.74) is 4.00. The smallest absolute Gasteiger partial charge is 0.313 e. The molecule has 0 unspecified atom stereocenters. The number of aryl methyl sites for hydroxylation is 1. The van der Waals surface area contributed by atoms with Gasteiger partial charge >= 0.3 is 11.8 Å². The van der Waals surface area contributed by atoms with E-state index in [-0.39, 0.29) is 0 Å². The number of anilines is 2. The SMILES string of the molecule is Cc1ccccc1NC(=O)C(=O)NCCc1ccc(N2CCCCCC2)cc1. The Morgan fingerprint density at radius 2 is 1.57 bits per heavy atom. The molecule has 1 heterocycles. The standard InChI is InChI=1S/C23H29N3O2/c1-18-8-4-5-9-21(18)25-23(28)22(27)24-15-14-19-10-12-20(13-11-19)26-16-6-2-3-7-17-26/h4-5,8-13H,2-3,6-7,14-17H2,1H3,(H,24,27)(H,25,28). The summed E-state index contributed by atoms with van der Waals surface area (Å²) in [6.07, 6.45) is 5.87. The van der Waals surface area contributed by atoms with Crippen LogP contribution >= 0.6 is 0 Å². The lowest BCUT2D eigenvalue weighted by molar-refractivity contribution is -0.136. The van der Waals surface area contributed by atoms with Gasteiger partial charge in [-0.25, -0.2) is 0 Å². The number of para-hydroxylation sites is 1. The van der Waals surface area contributed by atoms with Crippen LogP contribution in [0.1, 0.15) is 36.8 Å². The van der Waals surface area contributed by atoms with Gasteiger partial charge in [0.15, 0.2) is 0 Å². The Labute approximate surface area is 167 Å². The zero-order valence-corrected chi connectivity index (χ0v) is 16.5. The first kappa shape index (κ1) is 19.9. The van der Waals surface area contributed by atoms with E-state index in [1.54, 1.807) is 6.07 Å². The first-order chi connectivity index (χ1) is 13.6. The summed E-state index contributed by atoms with van der Waals surface area (Å²) >= 11 is 0. The Hall–Kier alpha value is -2.82. The van der Waals surface area contributed by atoms with Crippen molar-refractivity contribution >= 4 is 23.2 Å². The fraction of sp³-hybridized carbons (Fsp3) is 0.391. The molecule has 5 nitrogen and oxygen atoms in total. The van der Waals surface area contributed by atoms with Crippen molar-refractivity contribution in [3.8, 4) is 0 Å². The lowest BCUT2D eigenvalue weighted by Crippen LogP contribution is -2.36. The van der Waals surface area contributed by atoms with Gasteiger partial charge < -0.3 is 15.5 Å². The first-order valence-electron chi connectivity index (χ1n) is 10.1. The molecular formula is C23H29N3O2. The summed E-state index contributed by atoms with van der Waals surface area (Å²) in [7, 11) is 0. The molecule has 3 rings (SSSR count). The molecule has 0 radical (unpaired) electrons. The van der Waals surface area contributed by atoms with E-state index in [1.165, 1.54) is 31.4 Å². The molecule has 2 N–H and O–H groups in total. The van der Waals surface area contributed by atoms with E-state index in [1.807, 2.05) is 25.1 Å². The number of nitrogens with one attached hydrogen (secondary N) is 2. The number of carbonyl (C=O) groups is 2. The molecule has 2 aromatic carbocycles. The van der Waals surface area contributed by atoms with Crippen molar-refractivity contribution in [3.63, 3.8) is 0 Å². The Kier molecular flexibility index (Phi) is 7.06. The van der Waals surface area contributed by atoms with E-state index in [0.717, 1.165) is 24.2 Å². The van der Waals surface area contributed by atoms with Crippen LogP contribution in [0.25, 0.3) is 0 Å².